The van der Waals surface area contributed by atoms with Gasteiger partial charge in [0.05, 0.1) is 13.2 Å². The zero-order valence-electron chi connectivity index (χ0n) is 5.00. The predicted molar refractivity (Wildman–Crippen MR) is 29.5 cm³/mol. The van der Waals surface area contributed by atoms with E-state index < -0.39 is 0 Å². The molecule has 1 saturated heterocycles. The molecule has 1 aliphatic heterocycles. The summed E-state index contributed by atoms with van der Waals surface area (Å²) in [7, 11) is 1.94. The van der Waals surface area contributed by atoms with E-state index >= 15 is 0 Å². The summed E-state index contributed by atoms with van der Waals surface area (Å²) in [5.74, 6) is 0. The van der Waals surface area contributed by atoms with Gasteiger partial charge in [-0.3, -0.25) is 4.90 Å². The molecule has 0 aromatic rings. The fourth-order valence-electron chi connectivity index (χ4n) is 0.796. The van der Waals surface area contributed by atoms with Gasteiger partial charge >= 0.3 is 0 Å². The van der Waals surface area contributed by atoms with Gasteiger partial charge in [0.1, 0.15) is 6.23 Å². The van der Waals surface area contributed by atoms with Crippen LogP contribution in [0.4, 0.5) is 0 Å². The lowest BCUT2D eigenvalue weighted by Crippen LogP contribution is -2.28. The summed E-state index contributed by atoms with van der Waals surface area (Å²) in [5.41, 5.74) is 0. The zero-order chi connectivity index (χ0) is 5.98. The fraction of sp³-hybridized carbons (Fsp3) is 1.00. The van der Waals surface area contributed by atoms with Crippen molar-refractivity contribution in [1.29, 1.82) is 0 Å². The molecule has 0 aromatic heterocycles. The lowest BCUT2D eigenvalue weighted by Gasteiger charge is -2.13. The molecule has 0 spiro atoms. The molecule has 48 valence electrons. The van der Waals surface area contributed by atoms with Gasteiger partial charge in [-0.2, -0.15) is 0 Å². The molecule has 0 amide bonds. The minimum Gasteiger partial charge on any atom is -0.392 e. The molecule has 0 unspecified atom stereocenters. The van der Waals surface area contributed by atoms with Gasteiger partial charge < -0.3 is 9.84 Å². The van der Waals surface area contributed by atoms with Crippen LogP contribution in [-0.4, -0.2) is 43.0 Å². The molecule has 1 N–H and O–H groups in total. The summed E-state index contributed by atoms with van der Waals surface area (Å²) in [4.78, 5) is 1.99. The topological polar surface area (TPSA) is 32.7 Å². The van der Waals surface area contributed by atoms with Gasteiger partial charge in [-0.05, 0) is 7.05 Å². The average Bonchev–Trinajstić information content (AvgIpc) is 2.14. The van der Waals surface area contributed by atoms with E-state index in [0.717, 1.165) is 13.2 Å². The number of rotatable bonds is 1. The Hall–Kier alpha value is -0.120. The molecule has 0 saturated carbocycles. The van der Waals surface area contributed by atoms with E-state index in [4.69, 9.17) is 9.84 Å². The Morgan fingerprint density at radius 2 is 2.62 bits per heavy atom. The Labute approximate surface area is 48.9 Å². The van der Waals surface area contributed by atoms with Crippen LogP contribution in [0.5, 0.6) is 0 Å². The highest BCUT2D eigenvalue weighted by atomic mass is 16.5. The number of ether oxygens (including phenoxy) is 1. The molecule has 0 radical (unpaired) electrons. The third kappa shape index (κ3) is 0.992. The second-order valence-electron chi connectivity index (χ2n) is 1.99. The van der Waals surface area contributed by atoms with Gasteiger partial charge in [-0.15, -0.1) is 0 Å². The van der Waals surface area contributed by atoms with Crippen molar-refractivity contribution in [2.24, 2.45) is 0 Å². The summed E-state index contributed by atoms with van der Waals surface area (Å²) in [5, 5.41) is 8.57. The molecule has 0 aliphatic carbocycles. The number of aliphatic hydroxyl groups excluding tert-OH is 1. The highest BCUT2D eigenvalue weighted by molar-refractivity contribution is 4.63. The Kier molecular flexibility index (Phi) is 1.83. The van der Waals surface area contributed by atoms with Crippen LogP contribution in [0, 0.1) is 0 Å². The van der Waals surface area contributed by atoms with E-state index in [-0.39, 0.29) is 12.8 Å². The fourth-order valence-corrected chi connectivity index (χ4v) is 0.796. The van der Waals surface area contributed by atoms with E-state index in [2.05, 4.69) is 0 Å². The molecular weight excluding hydrogens is 106 g/mol. The van der Waals surface area contributed by atoms with Crippen molar-refractivity contribution < 1.29 is 9.84 Å². The van der Waals surface area contributed by atoms with E-state index in [1.807, 2.05) is 11.9 Å². The molecule has 1 fully saturated rings. The monoisotopic (exact) mass is 117 g/mol. The quantitative estimate of drug-likeness (QED) is 0.491. The highest BCUT2D eigenvalue weighted by Gasteiger charge is 2.19. The molecule has 1 heterocycles. The van der Waals surface area contributed by atoms with E-state index in [1.165, 1.54) is 0 Å². The first kappa shape index (κ1) is 6.01. The maximum Gasteiger partial charge on any atom is 0.133 e. The van der Waals surface area contributed by atoms with Gasteiger partial charge in [0.25, 0.3) is 0 Å². The number of hydrogen-bond acceptors (Lipinski definition) is 3. The molecule has 1 rings (SSSR count). The normalized spacial score (nSPS) is 31.5. The van der Waals surface area contributed by atoms with Crippen LogP contribution < -0.4 is 0 Å². The van der Waals surface area contributed by atoms with E-state index in [9.17, 15) is 0 Å². The highest BCUT2D eigenvalue weighted by Crippen LogP contribution is 2.04. The lowest BCUT2D eigenvalue weighted by molar-refractivity contribution is 0.000382. The summed E-state index contributed by atoms with van der Waals surface area (Å²) >= 11 is 0. The summed E-state index contributed by atoms with van der Waals surface area (Å²) in [6.07, 6.45) is -0.0463. The SMILES string of the molecule is CN1CCO[C@H]1CO. The van der Waals surface area contributed by atoms with Gasteiger partial charge in [0.15, 0.2) is 0 Å². The summed E-state index contributed by atoms with van der Waals surface area (Å²) in [6.45, 7) is 1.80. The minimum absolute atomic E-state index is 0.0463. The molecular formula is C5H11NO2. The summed E-state index contributed by atoms with van der Waals surface area (Å²) < 4.78 is 5.09. The lowest BCUT2D eigenvalue weighted by atomic mass is 10.5. The van der Waals surface area contributed by atoms with Gasteiger partial charge in [0.2, 0.25) is 0 Å². The van der Waals surface area contributed by atoms with Crippen molar-refractivity contribution in [3.05, 3.63) is 0 Å². The number of aliphatic hydroxyl groups is 1. The zero-order valence-corrected chi connectivity index (χ0v) is 5.00. The Morgan fingerprint density at radius 1 is 1.88 bits per heavy atom. The van der Waals surface area contributed by atoms with Crippen molar-refractivity contribution in [2.75, 3.05) is 26.8 Å². The van der Waals surface area contributed by atoms with Crippen molar-refractivity contribution >= 4 is 0 Å². The van der Waals surface area contributed by atoms with Crippen molar-refractivity contribution in [2.45, 2.75) is 6.23 Å². The third-order valence-electron chi connectivity index (χ3n) is 1.40. The first-order chi connectivity index (χ1) is 3.84. The maximum absolute atomic E-state index is 8.57. The molecule has 0 aromatic carbocycles. The second-order valence-corrected chi connectivity index (χ2v) is 1.99. The second kappa shape index (κ2) is 2.44. The van der Waals surface area contributed by atoms with Gasteiger partial charge in [0, 0.05) is 6.54 Å². The first-order valence-electron chi connectivity index (χ1n) is 2.77. The molecule has 1 aliphatic rings. The van der Waals surface area contributed by atoms with Crippen LogP contribution in [0.25, 0.3) is 0 Å². The first-order valence-corrected chi connectivity index (χ1v) is 2.77. The van der Waals surface area contributed by atoms with Crippen molar-refractivity contribution in [3.8, 4) is 0 Å². The Balaban J connectivity index is 2.30. The van der Waals surface area contributed by atoms with Crippen molar-refractivity contribution in [1.82, 2.24) is 4.90 Å². The largest absolute Gasteiger partial charge is 0.392 e. The minimum atomic E-state index is -0.0463. The molecule has 3 heteroatoms. The van der Waals surface area contributed by atoms with Crippen LogP contribution in [0.2, 0.25) is 0 Å². The van der Waals surface area contributed by atoms with Crippen LogP contribution in [-0.2, 0) is 4.74 Å². The van der Waals surface area contributed by atoms with Crippen LogP contribution >= 0.6 is 0 Å². The van der Waals surface area contributed by atoms with Gasteiger partial charge in [-0.25, -0.2) is 0 Å². The number of likely N-dealkylation sites (N-methyl/N-ethyl adjacent to an activating group) is 1. The van der Waals surface area contributed by atoms with Crippen LogP contribution in [0.1, 0.15) is 0 Å². The average molecular weight is 117 g/mol. The summed E-state index contributed by atoms with van der Waals surface area (Å²) in [6, 6.07) is 0. The molecule has 8 heavy (non-hydrogen) atoms. The number of hydrogen-bond donors (Lipinski definition) is 1. The molecule has 3 nitrogen and oxygen atoms in total. The smallest absolute Gasteiger partial charge is 0.133 e. The third-order valence-corrected chi connectivity index (χ3v) is 1.40. The van der Waals surface area contributed by atoms with Crippen LogP contribution in [0.3, 0.4) is 0 Å². The van der Waals surface area contributed by atoms with Crippen molar-refractivity contribution in [3.63, 3.8) is 0 Å². The van der Waals surface area contributed by atoms with Crippen LogP contribution in [0.15, 0.2) is 0 Å². The van der Waals surface area contributed by atoms with Gasteiger partial charge in [-0.1, -0.05) is 0 Å². The van der Waals surface area contributed by atoms with E-state index in [1.54, 1.807) is 0 Å². The number of nitrogens with zero attached hydrogens (tertiary/aromatic N) is 1. The Morgan fingerprint density at radius 3 is 2.88 bits per heavy atom. The molecule has 0 bridgehead atoms. The Bertz CT molecular complexity index is 76.8. The predicted octanol–water partition coefficient (Wildman–Crippen LogP) is -0.733. The standard InChI is InChI=1S/C5H11NO2/c1-6-2-3-8-5(6)4-7/h5,7H,2-4H2,1H3/t5-/m0/s1. The van der Waals surface area contributed by atoms with E-state index in [0.29, 0.717) is 0 Å². The molecule has 1 atom stereocenters. The maximum atomic E-state index is 8.57.